The Labute approximate surface area is 212 Å². The van der Waals surface area contributed by atoms with Gasteiger partial charge in [0.25, 0.3) is 11.8 Å². The monoisotopic (exact) mass is 505 g/mol. The van der Waals surface area contributed by atoms with E-state index in [1.165, 1.54) is 24.4 Å². The number of phenolic OH excluding ortho intramolecular Hbond substituents is 1. The summed E-state index contributed by atoms with van der Waals surface area (Å²) in [6, 6.07) is 22.7. The van der Waals surface area contributed by atoms with Crippen LogP contribution in [0.4, 0.5) is 0 Å². The number of nitrogens with zero attached hydrogens (tertiary/aromatic N) is 1. The molecule has 0 atom stereocenters. The third-order valence-electron chi connectivity index (χ3n) is 5.42. The minimum absolute atomic E-state index is 0.0772. The van der Waals surface area contributed by atoms with Crippen molar-refractivity contribution in [2.75, 3.05) is 6.54 Å². The lowest BCUT2D eigenvalue weighted by atomic mass is 9.99. The highest BCUT2D eigenvalue weighted by Crippen LogP contribution is 2.24. The Bertz CT molecular complexity index is 1440. The fourth-order valence-electron chi connectivity index (χ4n) is 3.61. The Morgan fingerprint density at radius 2 is 1.60 bits per heavy atom. The van der Waals surface area contributed by atoms with Gasteiger partial charge in [0.2, 0.25) is 0 Å². The van der Waals surface area contributed by atoms with Crippen LogP contribution in [0.2, 0.25) is 10.0 Å². The van der Waals surface area contributed by atoms with Gasteiger partial charge in [-0.3, -0.25) is 9.59 Å². The van der Waals surface area contributed by atoms with E-state index in [0.29, 0.717) is 23.6 Å². The van der Waals surface area contributed by atoms with Crippen LogP contribution in [-0.4, -0.2) is 29.7 Å². The molecule has 0 unspecified atom stereocenters. The van der Waals surface area contributed by atoms with Crippen molar-refractivity contribution < 1.29 is 14.7 Å². The number of hydrogen-bond donors (Lipinski definition) is 3. The summed E-state index contributed by atoms with van der Waals surface area (Å²) >= 11 is 12.1. The van der Waals surface area contributed by atoms with Crippen LogP contribution in [0.25, 0.3) is 10.8 Å². The molecule has 0 saturated carbocycles. The summed E-state index contributed by atoms with van der Waals surface area (Å²) in [4.78, 5) is 25.2. The number of amides is 2. The molecule has 35 heavy (non-hydrogen) atoms. The summed E-state index contributed by atoms with van der Waals surface area (Å²) in [7, 11) is 0. The van der Waals surface area contributed by atoms with Crippen molar-refractivity contribution >= 4 is 52.0 Å². The lowest BCUT2D eigenvalue weighted by molar-refractivity contribution is 0.0947. The molecule has 0 bridgehead atoms. The molecule has 8 heteroatoms. The van der Waals surface area contributed by atoms with E-state index < -0.39 is 5.91 Å². The van der Waals surface area contributed by atoms with E-state index in [9.17, 15) is 14.7 Å². The first-order chi connectivity index (χ1) is 16.9. The summed E-state index contributed by atoms with van der Waals surface area (Å²) in [6.07, 6.45) is 2.14. The second-order valence-electron chi connectivity index (χ2n) is 7.71. The Morgan fingerprint density at radius 3 is 2.37 bits per heavy atom. The first-order valence-corrected chi connectivity index (χ1v) is 11.5. The maximum absolute atomic E-state index is 12.9. The maximum atomic E-state index is 12.9. The molecule has 2 amide bonds. The molecule has 0 saturated heterocycles. The molecule has 176 valence electrons. The Morgan fingerprint density at radius 1 is 0.857 bits per heavy atom. The first-order valence-electron chi connectivity index (χ1n) is 10.8. The van der Waals surface area contributed by atoms with Crippen LogP contribution in [0, 0.1) is 0 Å². The van der Waals surface area contributed by atoms with Gasteiger partial charge in [0.05, 0.1) is 11.2 Å². The van der Waals surface area contributed by atoms with Crippen LogP contribution in [0.3, 0.4) is 0 Å². The molecule has 4 rings (SSSR count). The first kappa shape index (κ1) is 24.3. The summed E-state index contributed by atoms with van der Waals surface area (Å²) in [6.45, 7) is 0.452. The Balaban J connectivity index is 1.47. The van der Waals surface area contributed by atoms with Crippen LogP contribution >= 0.6 is 23.2 Å². The normalized spacial score (nSPS) is 11.0. The Kier molecular flexibility index (Phi) is 7.65. The average Bonchev–Trinajstić information content (AvgIpc) is 2.86. The van der Waals surface area contributed by atoms with E-state index in [-0.39, 0.29) is 22.2 Å². The van der Waals surface area contributed by atoms with Gasteiger partial charge in [0.15, 0.2) is 0 Å². The van der Waals surface area contributed by atoms with Crippen LogP contribution in [0.15, 0.2) is 84.0 Å². The molecule has 4 aromatic rings. The molecule has 0 aliphatic heterocycles. The standard InChI is InChI=1S/C27H21Cl2N3O3/c28-23-8-4-1-5-17(23)13-14-30-27(35)22-11-9-19(20-6-2-3-7-21(20)22)16-31-32-26(34)18-10-12-25(33)24(29)15-18/h1-12,15-16,33H,13-14H2,(H,30,35)(H,32,34)/b31-16+. The quantitative estimate of drug-likeness (QED) is 0.226. The second-order valence-corrected chi connectivity index (χ2v) is 8.52. The predicted molar refractivity (Wildman–Crippen MR) is 140 cm³/mol. The number of carbonyl (C=O) groups is 2. The van der Waals surface area contributed by atoms with Gasteiger partial charge in [0.1, 0.15) is 5.75 Å². The lowest BCUT2D eigenvalue weighted by Crippen LogP contribution is -2.26. The van der Waals surface area contributed by atoms with Crippen molar-refractivity contribution in [1.82, 2.24) is 10.7 Å². The molecule has 0 spiro atoms. The summed E-state index contributed by atoms with van der Waals surface area (Å²) in [5.74, 6) is -0.762. The third-order valence-corrected chi connectivity index (χ3v) is 6.09. The highest BCUT2D eigenvalue weighted by Gasteiger charge is 2.12. The van der Waals surface area contributed by atoms with E-state index in [0.717, 1.165) is 21.9 Å². The minimum Gasteiger partial charge on any atom is -0.506 e. The number of rotatable bonds is 7. The van der Waals surface area contributed by atoms with Gasteiger partial charge in [-0.05, 0) is 53.1 Å². The number of hydrogen-bond acceptors (Lipinski definition) is 4. The smallest absolute Gasteiger partial charge is 0.271 e. The van der Waals surface area contributed by atoms with Gasteiger partial charge in [-0.25, -0.2) is 5.43 Å². The molecular weight excluding hydrogens is 485 g/mol. The predicted octanol–water partition coefficient (Wildman–Crippen LogP) is 5.59. The fraction of sp³-hybridized carbons (Fsp3) is 0.0741. The number of aromatic hydroxyl groups is 1. The van der Waals surface area contributed by atoms with Crippen molar-refractivity contribution in [1.29, 1.82) is 0 Å². The maximum Gasteiger partial charge on any atom is 0.271 e. The summed E-state index contributed by atoms with van der Waals surface area (Å²) in [5, 5.41) is 18.8. The molecule has 4 aromatic carbocycles. The van der Waals surface area contributed by atoms with E-state index in [1.54, 1.807) is 12.1 Å². The van der Waals surface area contributed by atoms with E-state index >= 15 is 0 Å². The van der Waals surface area contributed by atoms with Crippen molar-refractivity contribution in [2.24, 2.45) is 5.10 Å². The Hall–Kier alpha value is -3.87. The van der Waals surface area contributed by atoms with Gasteiger partial charge in [-0.15, -0.1) is 0 Å². The molecule has 0 radical (unpaired) electrons. The van der Waals surface area contributed by atoms with Gasteiger partial charge in [-0.2, -0.15) is 5.10 Å². The average molecular weight is 506 g/mol. The van der Waals surface area contributed by atoms with Crippen LogP contribution < -0.4 is 10.7 Å². The lowest BCUT2D eigenvalue weighted by Gasteiger charge is -2.10. The summed E-state index contributed by atoms with van der Waals surface area (Å²) in [5.41, 5.74) is 4.96. The molecule has 0 aliphatic rings. The van der Waals surface area contributed by atoms with Crippen molar-refractivity contribution in [3.05, 3.63) is 111 Å². The molecule has 0 fully saturated rings. The fourth-order valence-corrected chi connectivity index (χ4v) is 4.02. The van der Waals surface area contributed by atoms with Crippen LogP contribution in [0.1, 0.15) is 31.8 Å². The van der Waals surface area contributed by atoms with Gasteiger partial charge >= 0.3 is 0 Å². The molecule has 0 aromatic heterocycles. The van der Waals surface area contributed by atoms with Gasteiger partial charge in [0, 0.05) is 28.3 Å². The molecule has 0 aliphatic carbocycles. The highest BCUT2D eigenvalue weighted by molar-refractivity contribution is 6.32. The zero-order chi connectivity index (χ0) is 24.8. The van der Waals surface area contributed by atoms with Gasteiger partial charge in [-0.1, -0.05) is 71.7 Å². The van der Waals surface area contributed by atoms with Gasteiger partial charge < -0.3 is 10.4 Å². The minimum atomic E-state index is -0.470. The number of phenols is 1. The largest absolute Gasteiger partial charge is 0.506 e. The van der Waals surface area contributed by atoms with E-state index in [4.69, 9.17) is 23.2 Å². The van der Waals surface area contributed by atoms with E-state index in [1.807, 2.05) is 48.5 Å². The SMILES string of the molecule is O=C(N/N=C/c1ccc(C(=O)NCCc2ccccc2Cl)c2ccccc12)c1ccc(O)c(Cl)c1. The zero-order valence-electron chi connectivity index (χ0n) is 18.5. The number of hydrazone groups is 1. The topological polar surface area (TPSA) is 90.8 Å². The molecule has 3 N–H and O–H groups in total. The summed E-state index contributed by atoms with van der Waals surface area (Å²) < 4.78 is 0. The number of nitrogens with one attached hydrogen (secondary N) is 2. The number of halogens is 2. The molecule has 0 heterocycles. The van der Waals surface area contributed by atoms with Crippen molar-refractivity contribution in [3.63, 3.8) is 0 Å². The zero-order valence-corrected chi connectivity index (χ0v) is 20.0. The van der Waals surface area contributed by atoms with Crippen LogP contribution in [0.5, 0.6) is 5.75 Å². The number of benzene rings is 4. The molecular formula is C27H21Cl2N3O3. The third kappa shape index (κ3) is 5.80. The second kappa shape index (κ2) is 11.0. The number of carbonyl (C=O) groups excluding carboxylic acids is 2. The number of fused-ring (bicyclic) bond motifs is 1. The highest BCUT2D eigenvalue weighted by atomic mass is 35.5. The van der Waals surface area contributed by atoms with E-state index in [2.05, 4.69) is 15.8 Å². The van der Waals surface area contributed by atoms with Crippen molar-refractivity contribution in [3.8, 4) is 5.75 Å². The van der Waals surface area contributed by atoms with Crippen molar-refractivity contribution in [2.45, 2.75) is 6.42 Å². The van der Waals surface area contributed by atoms with Crippen LogP contribution in [-0.2, 0) is 6.42 Å². The molecule has 6 nitrogen and oxygen atoms in total.